The zero-order valence-electron chi connectivity index (χ0n) is 19.8. The molecule has 4 heterocycles. The van der Waals surface area contributed by atoms with E-state index in [1.807, 2.05) is 38.4 Å². The fourth-order valence-electron chi connectivity index (χ4n) is 5.57. The quantitative estimate of drug-likeness (QED) is 0.368. The molecule has 0 saturated carbocycles. The van der Waals surface area contributed by atoms with E-state index in [1.165, 1.54) is 5.56 Å². The topological polar surface area (TPSA) is 81.5 Å². The lowest BCUT2D eigenvalue weighted by molar-refractivity contribution is 0.0553. The molecule has 0 N–H and O–H groups in total. The lowest BCUT2D eigenvalue weighted by atomic mass is 9.86. The van der Waals surface area contributed by atoms with Gasteiger partial charge in [0.15, 0.2) is 0 Å². The van der Waals surface area contributed by atoms with Gasteiger partial charge in [0.05, 0.1) is 45.6 Å². The molecule has 1 aliphatic rings. The number of rotatable bonds is 4. The third-order valence-electron chi connectivity index (χ3n) is 7.17. The molecule has 7 heteroatoms. The van der Waals surface area contributed by atoms with Crippen LogP contribution in [-0.2, 0) is 11.8 Å². The van der Waals surface area contributed by atoms with Gasteiger partial charge in [-0.1, -0.05) is 35.5 Å². The summed E-state index contributed by atoms with van der Waals surface area (Å²) in [5.41, 5.74) is 7.72. The minimum absolute atomic E-state index is 0.0943. The maximum atomic E-state index is 9.69. The van der Waals surface area contributed by atoms with Crippen LogP contribution in [0.2, 0.25) is 0 Å². The summed E-state index contributed by atoms with van der Waals surface area (Å²) in [4.78, 5) is 4.95. The Morgan fingerprint density at radius 3 is 2.57 bits per heavy atom. The zero-order chi connectivity index (χ0) is 23.9. The normalized spacial score (nSPS) is 15.5. The lowest BCUT2D eigenvalue weighted by Crippen LogP contribution is -2.26. The van der Waals surface area contributed by atoms with Gasteiger partial charge in [0, 0.05) is 37.4 Å². The van der Waals surface area contributed by atoms with E-state index in [0.29, 0.717) is 11.5 Å². The summed E-state index contributed by atoms with van der Waals surface area (Å²) in [6, 6.07) is 21.2. The molecule has 1 saturated heterocycles. The van der Waals surface area contributed by atoms with Crippen LogP contribution in [0.3, 0.4) is 0 Å². The Balaban J connectivity index is 1.69. The molecule has 35 heavy (non-hydrogen) atoms. The Kier molecular flexibility index (Phi) is 5.31. The number of hydrogen-bond acceptors (Lipinski definition) is 5. The molecule has 174 valence electrons. The van der Waals surface area contributed by atoms with Crippen LogP contribution in [0.25, 0.3) is 33.2 Å². The van der Waals surface area contributed by atoms with E-state index in [1.54, 1.807) is 4.68 Å². The molecule has 1 atom stereocenters. The van der Waals surface area contributed by atoms with Crippen molar-refractivity contribution >= 4 is 21.9 Å². The highest BCUT2D eigenvalue weighted by Gasteiger charge is 2.30. The largest absolute Gasteiger partial charge is 0.381 e. The molecular formula is C28H26N6O. The Morgan fingerprint density at radius 2 is 1.86 bits per heavy atom. The fourth-order valence-corrected chi connectivity index (χ4v) is 5.57. The molecule has 0 amide bonds. The van der Waals surface area contributed by atoms with Gasteiger partial charge in [-0.05, 0) is 55.5 Å². The predicted molar refractivity (Wildman–Crippen MR) is 135 cm³/mol. The summed E-state index contributed by atoms with van der Waals surface area (Å²) in [5, 5.41) is 19.2. The molecule has 3 aromatic heterocycles. The number of aryl methyl sites for hydroxylation is 2. The van der Waals surface area contributed by atoms with Gasteiger partial charge in [-0.15, -0.1) is 5.10 Å². The molecule has 1 aliphatic heterocycles. The zero-order valence-corrected chi connectivity index (χ0v) is 19.8. The van der Waals surface area contributed by atoms with Crippen LogP contribution in [0, 0.1) is 24.2 Å². The van der Waals surface area contributed by atoms with E-state index < -0.39 is 0 Å². The second-order valence-corrected chi connectivity index (χ2v) is 9.26. The average Bonchev–Trinajstić information content (AvgIpc) is 3.41. The summed E-state index contributed by atoms with van der Waals surface area (Å²) in [5.74, 6) is 0.402. The van der Waals surface area contributed by atoms with Gasteiger partial charge in [0.2, 0.25) is 0 Å². The highest BCUT2D eigenvalue weighted by atomic mass is 16.5. The summed E-state index contributed by atoms with van der Waals surface area (Å²) in [6.07, 6.45) is 3.87. The number of hydrogen-bond donors (Lipinski definition) is 0. The van der Waals surface area contributed by atoms with E-state index in [-0.39, 0.29) is 6.04 Å². The van der Waals surface area contributed by atoms with Crippen molar-refractivity contribution in [1.82, 2.24) is 24.5 Å². The van der Waals surface area contributed by atoms with E-state index in [0.717, 1.165) is 64.9 Å². The SMILES string of the molecule is Cc1nnn(C)c1-c1cnc2c3ccc(C#N)cc3n(C(c3ccccc3)C3CCOCC3)c2c1. The van der Waals surface area contributed by atoms with Gasteiger partial charge < -0.3 is 9.30 Å². The first-order chi connectivity index (χ1) is 17.2. The maximum Gasteiger partial charge on any atom is 0.0992 e. The first kappa shape index (κ1) is 21.5. The molecule has 0 aliphatic carbocycles. The van der Waals surface area contributed by atoms with Gasteiger partial charge in [0.25, 0.3) is 0 Å². The highest BCUT2D eigenvalue weighted by Crippen LogP contribution is 2.41. The molecule has 6 rings (SSSR count). The molecule has 0 radical (unpaired) electrons. The van der Waals surface area contributed by atoms with Crippen molar-refractivity contribution in [2.75, 3.05) is 13.2 Å². The molecule has 0 spiro atoms. The predicted octanol–water partition coefficient (Wildman–Crippen LogP) is 5.18. The Morgan fingerprint density at radius 1 is 1.06 bits per heavy atom. The van der Waals surface area contributed by atoms with Crippen LogP contribution < -0.4 is 0 Å². The van der Waals surface area contributed by atoms with Crippen LogP contribution in [0.15, 0.2) is 60.8 Å². The monoisotopic (exact) mass is 462 g/mol. The highest BCUT2D eigenvalue weighted by molar-refractivity contribution is 6.07. The van der Waals surface area contributed by atoms with Crippen LogP contribution in [0.1, 0.15) is 35.7 Å². The third kappa shape index (κ3) is 3.58. The summed E-state index contributed by atoms with van der Waals surface area (Å²) >= 11 is 0. The minimum atomic E-state index is 0.0943. The number of nitriles is 1. The number of aromatic nitrogens is 5. The van der Waals surface area contributed by atoms with Crippen molar-refractivity contribution in [2.24, 2.45) is 13.0 Å². The number of benzene rings is 2. The summed E-state index contributed by atoms with van der Waals surface area (Å²) < 4.78 is 9.93. The number of fused-ring (bicyclic) bond motifs is 3. The van der Waals surface area contributed by atoms with Crippen molar-refractivity contribution in [3.05, 3.63) is 77.6 Å². The molecule has 7 nitrogen and oxygen atoms in total. The first-order valence-electron chi connectivity index (χ1n) is 12.0. The molecular weight excluding hydrogens is 436 g/mol. The second-order valence-electron chi connectivity index (χ2n) is 9.26. The van der Waals surface area contributed by atoms with Gasteiger partial charge in [-0.2, -0.15) is 5.26 Å². The van der Waals surface area contributed by atoms with E-state index >= 15 is 0 Å². The van der Waals surface area contributed by atoms with Gasteiger partial charge in [0.1, 0.15) is 0 Å². The summed E-state index contributed by atoms with van der Waals surface area (Å²) in [7, 11) is 1.91. The van der Waals surface area contributed by atoms with Crippen molar-refractivity contribution in [3.63, 3.8) is 0 Å². The van der Waals surface area contributed by atoms with E-state index in [4.69, 9.17) is 9.72 Å². The molecule has 0 bridgehead atoms. The lowest BCUT2D eigenvalue weighted by Gasteiger charge is -2.33. The molecule has 1 unspecified atom stereocenters. The van der Waals surface area contributed by atoms with E-state index in [2.05, 4.69) is 57.3 Å². The van der Waals surface area contributed by atoms with Gasteiger partial charge in [-0.3, -0.25) is 4.98 Å². The van der Waals surface area contributed by atoms with Crippen molar-refractivity contribution in [3.8, 4) is 17.3 Å². The second kappa shape index (κ2) is 8.64. The number of nitrogens with zero attached hydrogens (tertiary/aromatic N) is 6. The fraction of sp³-hybridized carbons (Fsp3) is 0.286. The van der Waals surface area contributed by atoms with Crippen molar-refractivity contribution in [2.45, 2.75) is 25.8 Å². The van der Waals surface area contributed by atoms with Crippen LogP contribution in [-0.4, -0.2) is 37.8 Å². The van der Waals surface area contributed by atoms with Gasteiger partial charge >= 0.3 is 0 Å². The maximum absolute atomic E-state index is 9.69. The van der Waals surface area contributed by atoms with Crippen LogP contribution >= 0.6 is 0 Å². The van der Waals surface area contributed by atoms with Crippen molar-refractivity contribution in [1.29, 1.82) is 5.26 Å². The molecule has 1 fully saturated rings. The Hall–Kier alpha value is -4.02. The van der Waals surface area contributed by atoms with Gasteiger partial charge in [-0.25, -0.2) is 4.68 Å². The average molecular weight is 463 g/mol. The van der Waals surface area contributed by atoms with E-state index in [9.17, 15) is 5.26 Å². The minimum Gasteiger partial charge on any atom is -0.381 e. The summed E-state index contributed by atoms with van der Waals surface area (Å²) in [6.45, 7) is 3.49. The first-order valence-corrected chi connectivity index (χ1v) is 12.0. The third-order valence-corrected chi connectivity index (χ3v) is 7.17. The standard InChI is InChI=1S/C28H26N6O/c1-18-27(33(2)32-31-18)22-15-25-26(30-17-22)23-9-8-19(16-29)14-24(23)34(25)28(20-6-4-3-5-7-20)21-10-12-35-13-11-21/h3-9,14-15,17,21,28H,10-13H2,1-2H3. The Bertz CT molecular complexity index is 1550. The Labute approximate surface area is 203 Å². The molecule has 5 aromatic rings. The van der Waals surface area contributed by atoms with Crippen LogP contribution in [0.4, 0.5) is 0 Å². The number of pyridine rings is 1. The van der Waals surface area contributed by atoms with Crippen molar-refractivity contribution < 1.29 is 4.74 Å². The van der Waals surface area contributed by atoms with Crippen LogP contribution in [0.5, 0.6) is 0 Å². The molecule has 2 aromatic carbocycles. The smallest absolute Gasteiger partial charge is 0.0992 e. The number of ether oxygens (including phenoxy) is 1.